The minimum absolute atomic E-state index is 0.119. The number of nitrogens with one attached hydrogen (secondary N) is 2. The predicted molar refractivity (Wildman–Crippen MR) is 80.0 cm³/mol. The SMILES string of the molecule is CCCCNC(=O)NCc1c2c(cc3c1OCC3)OCC2. The Bertz CT molecular complexity index is 511. The first-order valence-corrected chi connectivity index (χ1v) is 7.74. The molecule has 0 saturated carbocycles. The zero-order valence-electron chi connectivity index (χ0n) is 12.5. The summed E-state index contributed by atoms with van der Waals surface area (Å²) in [5, 5.41) is 5.80. The second-order valence-electron chi connectivity index (χ2n) is 5.48. The maximum atomic E-state index is 11.8. The predicted octanol–water partition coefficient (Wildman–Crippen LogP) is 2.16. The maximum Gasteiger partial charge on any atom is 0.315 e. The fraction of sp³-hybridized carbons (Fsp3) is 0.562. The second kappa shape index (κ2) is 6.24. The van der Waals surface area contributed by atoms with Crippen molar-refractivity contribution in [3.63, 3.8) is 0 Å². The standard InChI is InChI=1S/C16H22N2O3/c1-2-3-6-17-16(19)18-10-13-12-5-8-20-14(12)9-11-4-7-21-15(11)13/h9H,2-8,10H2,1H3,(H2,17,18,19). The molecule has 1 aromatic carbocycles. The van der Waals surface area contributed by atoms with E-state index in [1.807, 2.05) is 0 Å². The third-order valence-electron chi connectivity index (χ3n) is 4.00. The Labute approximate surface area is 125 Å². The Hall–Kier alpha value is -1.91. The van der Waals surface area contributed by atoms with E-state index in [-0.39, 0.29) is 6.03 Å². The van der Waals surface area contributed by atoms with Crippen LogP contribution < -0.4 is 20.1 Å². The lowest BCUT2D eigenvalue weighted by Gasteiger charge is -2.14. The Morgan fingerprint density at radius 3 is 2.95 bits per heavy atom. The van der Waals surface area contributed by atoms with Crippen LogP contribution in [0.3, 0.4) is 0 Å². The van der Waals surface area contributed by atoms with Crippen molar-refractivity contribution >= 4 is 6.03 Å². The summed E-state index contributed by atoms with van der Waals surface area (Å²) in [5.41, 5.74) is 3.46. The smallest absolute Gasteiger partial charge is 0.315 e. The summed E-state index contributed by atoms with van der Waals surface area (Å²) in [6.45, 7) is 4.75. The second-order valence-corrected chi connectivity index (χ2v) is 5.48. The highest BCUT2D eigenvalue weighted by atomic mass is 16.5. The molecule has 2 N–H and O–H groups in total. The lowest BCUT2D eigenvalue weighted by atomic mass is 9.99. The summed E-state index contributed by atoms with van der Waals surface area (Å²) in [7, 11) is 0. The van der Waals surface area contributed by atoms with Crippen LogP contribution in [0.15, 0.2) is 6.07 Å². The lowest BCUT2D eigenvalue weighted by molar-refractivity contribution is 0.240. The van der Waals surface area contributed by atoms with Gasteiger partial charge in [-0.15, -0.1) is 0 Å². The fourth-order valence-corrected chi connectivity index (χ4v) is 2.88. The molecule has 2 aliphatic heterocycles. The van der Waals surface area contributed by atoms with E-state index in [0.717, 1.165) is 42.7 Å². The highest BCUT2D eigenvalue weighted by Gasteiger charge is 2.26. The van der Waals surface area contributed by atoms with Crippen LogP contribution in [0.4, 0.5) is 4.79 Å². The molecule has 0 atom stereocenters. The molecular weight excluding hydrogens is 268 g/mol. The summed E-state index contributed by atoms with van der Waals surface area (Å²) in [6.07, 6.45) is 3.88. The number of unbranched alkanes of at least 4 members (excludes halogenated alkanes) is 1. The first-order valence-electron chi connectivity index (χ1n) is 7.74. The van der Waals surface area contributed by atoms with Crippen molar-refractivity contribution in [3.8, 4) is 11.5 Å². The van der Waals surface area contributed by atoms with Crippen LogP contribution in [-0.4, -0.2) is 25.8 Å². The molecule has 5 nitrogen and oxygen atoms in total. The van der Waals surface area contributed by atoms with Gasteiger partial charge in [0, 0.05) is 42.6 Å². The van der Waals surface area contributed by atoms with Gasteiger partial charge in [0.05, 0.1) is 13.2 Å². The zero-order valence-corrected chi connectivity index (χ0v) is 12.5. The first kappa shape index (κ1) is 14.0. The molecule has 5 heteroatoms. The van der Waals surface area contributed by atoms with Crippen LogP contribution in [-0.2, 0) is 19.4 Å². The molecule has 3 rings (SSSR count). The van der Waals surface area contributed by atoms with Crippen molar-refractivity contribution in [2.24, 2.45) is 0 Å². The van der Waals surface area contributed by atoms with Gasteiger partial charge in [0.1, 0.15) is 11.5 Å². The molecule has 0 aromatic heterocycles. The average molecular weight is 290 g/mol. The molecule has 21 heavy (non-hydrogen) atoms. The number of amides is 2. The van der Waals surface area contributed by atoms with E-state index >= 15 is 0 Å². The molecule has 0 unspecified atom stereocenters. The van der Waals surface area contributed by atoms with Crippen LogP contribution >= 0.6 is 0 Å². The molecule has 114 valence electrons. The van der Waals surface area contributed by atoms with Gasteiger partial charge in [-0.3, -0.25) is 0 Å². The number of carbonyl (C=O) groups excluding carboxylic acids is 1. The molecule has 0 spiro atoms. The molecule has 0 bridgehead atoms. The Balaban J connectivity index is 1.69. The number of hydrogen-bond acceptors (Lipinski definition) is 3. The van der Waals surface area contributed by atoms with Crippen LogP contribution in [0.25, 0.3) is 0 Å². The number of fused-ring (bicyclic) bond motifs is 2. The van der Waals surface area contributed by atoms with Gasteiger partial charge in [-0.2, -0.15) is 0 Å². The summed E-state index contributed by atoms with van der Waals surface area (Å²) in [6, 6.07) is 1.97. The summed E-state index contributed by atoms with van der Waals surface area (Å²) >= 11 is 0. The number of benzene rings is 1. The quantitative estimate of drug-likeness (QED) is 0.817. The molecule has 1 aromatic rings. The number of urea groups is 1. The minimum atomic E-state index is -0.119. The van der Waals surface area contributed by atoms with E-state index in [9.17, 15) is 4.79 Å². The van der Waals surface area contributed by atoms with Crippen LogP contribution in [0.5, 0.6) is 11.5 Å². The van der Waals surface area contributed by atoms with Crippen molar-refractivity contribution in [3.05, 3.63) is 22.8 Å². The van der Waals surface area contributed by atoms with Crippen molar-refractivity contribution in [1.82, 2.24) is 10.6 Å². The van der Waals surface area contributed by atoms with E-state index in [0.29, 0.717) is 26.3 Å². The van der Waals surface area contributed by atoms with Crippen molar-refractivity contribution in [2.45, 2.75) is 39.2 Å². The van der Waals surface area contributed by atoms with Gasteiger partial charge in [-0.1, -0.05) is 13.3 Å². The normalized spacial score (nSPS) is 14.9. The Morgan fingerprint density at radius 1 is 1.24 bits per heavy atom. The highest BCUT2D eigenvalue weighted by molar-refractivity contribution is 5.74. The molecule has 2 heterocycles. The first-order chi connectivity index (χ1) is 10.3. The minimum Gasteiger partial charge on any atom is -0.493 e. The van der Waals surface area contributed by atoms with Crippen LogP contribution in [0.2, 0.25) is 0 Å². The zero-order chi connectivity index (χ0) is 14.7. The summed E-state index contributed by atoms with van der Waals surface area (Å²) < 4.78 is 11.4. The van der Waals surface area contributed by atoms with E-state index in [1.54, 1.807) is 0 Å². The molecule has 0 fully saturated rings. The van der Waals surface area contributed by atoms with Gasteiger partial charge in [-0.25, -0.2) is 4.79 Å². The van der Waals surface area contributed by atoms with Crippen molar-refractivity contribution < 1.29 is 14.3 Å². The van der Waals surface area contributed by atoms with E-state index in [1.165, 1.54) is 11.1 Å². The molecule has 0 radical (unpaired) electrons. The largest absolute Gasteiger partial charge is 0.493 e. The van der Waals surface area contributed by atoms with Crippen LogP contribution in [0, 0.1) is 0 Å². The van der Waals surface area contributed by atoms with Gasteiger partial charge in [0.2, 0.25) is 0 Å². The molecule has 0 saturated heterocycles. The molecular formula is C16H22N2O3. The van der Waals surface area contributed by atoms with E-state index in [2.05, 4.69) is 23.6 Å². The third-order valence-corrected chi connectivity index (χ3v) is 4.00. The summed E-state index contributed by atoms with van der Waals surface area (Å²) in [4.78, 5) is 11.8. The van der Waals surface area contributed by atoms with Gasteiger partial charge < -0.3 is 20.1 Å². The number of hydrogen-bond donors (Lipinski definition) is 2. The molecule has 2 aliphatic rings. The highest BCUT2D eigenvalue weighted by Crippen LogP contribution is 2.40. The van der Waals surface area contributed by atoms with E-state index in [4.69, 9.17) is 9.47 Å². The topological polar surface area (TPSA) is 59.6 Å². The molecule has 2 amide bonds. The van der Waals surface area contributed by atoms with Gasteiger partial charge in [-0.05, 0) is 12.5 Å². The number of rotatable bonds is 5. The van der Waals surface area contributed by atoms with Crippen molar-refractivity contribution in [1.29, 1.82) is 0 Å². The molecule has 0 aliphatic carbocycles. The number of ether oxygens (including phenoxy) is 2. The average Bonchev–Trinajstić information content (AvgIpc) is 3.12. The van der Waals surface area contributed by atoms with Gasteiger partial charge >= 0.3 is 6.03 Å². The maximum absolute atomic E-state index is 11.8. The van der Waals surface area contributed by atoms with Crippen LogP contribution in [0.1, 0.15) is 36.5 Å². The Morgan fingerprint density at radius 2 is 2.10 bits per heavy atom. The third kappa shape index (κ3) is 2.91. The van der Waals surface area contributed by atoms with E-state index < -0.39 is 0 Å². The lowest BCUT2D eigenvalue weighted by Crippen LogP contribution is -2.35. The number of carbonyl (C=O) groups is 1. The van der Waals surface area contributed by atoms with Gasteiger partial charge in [0.15, 0.2) is 0 Å². The van der Waals surface area contributed by atoms with Crippen molar-refractivity contribution in [2.75, 3.05) is 19.8 Å². The monoisotopic (exact) mass is 290 g/mol. The van der Waals surface area contributed by atoms with Gasteiger partial charge in [0.25, 0.3) is 0 Å². The fourth-order valence-electron chi connectivity index (χ4n) is 2.88. The summed E-state index contributed by atoms with van der Waals surface area (Å²) in [5.74, 6) is 1.91. The Kier molecular flexibility index (Phi) is 4.18.